The quantitative estimate of drug-likeness (QED) is 0.734. The average Bonchev–Trinajstić information content (AvgIpc) is 2.34. The topological polar surface area (TPSA) is 46.9 Å². The average molecular weight is 266 g/mol. The molecule has 1 atom stereocenters. The molecule has 0 aliphatic carbocycles. The molecule has 1 heterocycles. The number of piperazine rings is 1. The SMILES string of the molecule is CC1CN(C)CCN1Cc1ccc(B(O)O)cc1F. The highest BCUT2D eigenvalue weighted by molar-refractivity contribution is 6.58. The summed E-state index contributed by atoms with van der Waals surface area (Å²) < 4.78 is 13.9. The highest BCUT2D eigenvalue weighted by Gasteiger charge is 2.22. The molecule has 1 saturated heterocycles. The minimum absolute atomic E-state index is 0.188. The van der Waals surface area contributed by atoms with E-state index in [1.165, 1.54) is 6.07 Å². The van der Waals surface area contributed by atoms with Gasteiger partial charge in [-0.2, -0.15) is 0 Å². The Bertz CT molecular complexity index is 445. The van der Waals surface area contributed by atoms with Crippen LogP contribution in [0.1, 0.15) is 12.5 Å². The summed E-state index contributed by atoms with van der Waals surface area (Å²) in [5.74, 6) is -0.378. The molecule has 2 rings (SSSR count). The van der Waals surface area contributed by atoms with Gasteiger partial charge in [-0.3, -0.25) is 4.90 Å². The van der Waals surface area contributed by atoms with Crippen molar-refractivity contribution in [2.24, 2.45) is 0 Å². The van der Waals surface area contributed by atoms with Crippen LogP contribution < -0.4 is 5.46 Å². The Labute approximate surface area is 113 Å². The van der Waals surface area contributed by atoms with E-state index in [9.17, 15) is 4.39 Å². The van der Waals surface area contributed by atoms with E-state index in [2.05, 4.69) is 23.8 Å². The molecule has 1 aliphatic rings. The highest BCUT2D eigenvalue weighted by atomic mass is 19.1. The lowest BCUT2D eigenvalue weighted by Crippen LogP contribution is -2.49. The fourth-order valence-electron chi connectivity index (χ4n) is 2.48. The fraction of sp³-hybridized carbons (Fsp3) is 0.538. The molecular weight excluding hydrogens is 246 g/mol. The lowest BCUT2D eigenvalue weighted by atomic mass is 9.80. The van der Waals surface area contributed by atoms with Crippen molar-refractivity contribution in [3.63, 3.8) is 0 Å². The highest BCUT2D eigenvalue weighted by Crippen LogP contribution is 2.14. The lowest BCUT2D eigenvalue weighted by molar-refractivity contribution is 0.0928. The van der Waals surface area contributed by atoms with Crippen LogP contribution in [0.15, 0.2) is 18.2 Å². The monoisotopic (exact) mass is 266 g/mol. The van der Waals surface area contributed by atoms with Gasteiger partial charge >= 0.3 is 7.12 Å². The molecule has 0 amide bonds. The maximum atomic E-state index is 13.9. The molecule has 0 radical (unpaired) electrons. The summed E-state index contributed by atoms with van der Waals surface area (Å²) in [4.78, 5) is 4.51. The Morgan fingerprint density at radius 1 is 1.37 bits per heavy atom. The largest absolute Gasteiger partial charge is 0.488 e. The molecule has 6 heteroatoms. The minimum Gasteiger partial charge on any atom is -0.423 e. The van der Waals surface area contributed by atoms with E-state index in [1.807, 2.05) is 0 Å². The van der Waals surface area contributed by atoms with Crippen molar-refractivity contribution in [3.05, 3.63) is 29.6 Å². The molecule has 0 spiro atoms. The molecule has 4 nitrogen and oxygen atoms in total. The molecular formula is C13H20BFN2O2. The summed E-state index contributed by atoms with van der Waals surface area (Å²) in [6, 6.07) is 4.78. The van der Waals surface area contributed by atoms with Gasteiger partial charge in [0.1, 0.15) is 5.82 Å². The van der Waals surface area contributed by atoms with E-state index in [-0.39, 0.29) is 11.3 Å². The van der Waals surface area contributed by atoms with Crippen molar-refractivity contribution in [1.82, 2.24) is 9.80 Å². The van der Waals surface area contributed by atoms with E-state index in [4.69, 9.17) is 10.0 Å². The number of rotatable bonds is 3. The van der Waals surface area contributed by atoms with Crippen molar-refractivity contribution in [1.29, 1.82) is 0 Å². The zero-order chi connectivity index (χ0) is 14.0. The fourth-order valence-corrected chi connectivity index (χ4v) is 2.48. The maximum absolute atomic E-state index is 13.9. The van der Waals surface area contributed by atoms with Crippen molar-refractivity contribution < 1.29 is 14.4 Å². The van der Waals surface area contributed by atoms with Gasteiger partial charge in [-0.1, -0.05) is 12.1 Å². The Hall–Kier alpha value is -0.945. The van der Waals surface area contributed by atoms with Crippen LogP contribution in [0.3, 0.4) is 0 Å². The molecule has 0 saturated carbocycles. The van der Waals surface area contributed by atoms with Crippen LogP contribution in [-0.4, -0.2) is 59.7 Å². The number of benzene rings is 1. The first-order chi connectivity index (χ1) is 8.97. The standard InChI is InChI=1S/C13H20BFN2O2/c1-10-8-16(2)5-6-17(10)9-11-3-4-12(14(18)19)7-13(11)15/h3-4,7,10,18-19H,5-6,8-9H2,1-2H3. The van der Waals surface area contributed by atoms with E-state index >= 15 is 0 Å². The zero-order valence-electron chi connectivity index (χ0n) is 11.4. The van der Waals surface area contributed by atoms with E-state index in [1.54, 1.807) is 12.1 Å². The summed E-state index contributed by atoms with van der Waals surface area (Å²) in [5.41, 5.74) is 0.786. The number of likely N-dealkylation sites (N-methyl/N-ethyl adjacent to an activating group) is 1. The smallest absolute Gasteiger partial charge is 0.423 e. The van der Waals surface area contributed by atoms with Gasteiger partial charge in [0.05, 0.1) is 0 Å². The third-order valence-electron chi connectivity index (χ3n) is 3.72. The number of nitrogens with zero attached hydrogens (tertiary/aromatic N) is 2. The molecule has 1 aromatic carbocycles. The third-order valence-corrected chi connectivity index (χ3v) is 3.72. The molecule has 0 bridgehead atoms. The second-order valence-electron chi connectivity index (χ2n) is 5.31. The molecule has 1 unspecified atom stereocenters. The Kier molecular flexibility index (Phi) is 4.57. The van der Waals surface area contributed by atoms with Gasteiger partial charge in [0.2, 0.25) is 0 Å². The Morgan fingerprint density at radius 3 is 2.68 bits per heavy atom. The van der Waals surface area contributed by atoms with Gasteiger partial charge in [-0.05, 0) is 25.5 Å². The van der Waals surface area contributed by atoms with Crippen LogP contribution in [0.25, 0.3) is 0 Å². The lowest BCUT2D eigenvalue weighted by Gasteiger charge is -2.38. The predicted octanol–water partition coefficient (Wildman–Crippen LogP) is -0.359. The number of hydrogen-bond donors (Lipinski definition) is 2. The third kappa shape index (κ3) is 3.54. The summed E-state index contributed by atoms with van der Waals surface area (Å²) in [5, 5.41) is 18.0. The molecule has 104 valence electrons. The maximum Gasteiger partial charge on any atom is 0.488 e. The van der Waals surface area contributed by atoms with Crippen LogP contribution >= 0.6 is 0 Å². The van der Waals surface area contributed by atoms with Crippen LogP contribution in [0, 0.1) is 5.82 Å². The normalized spacial score (nSPS) is 21.6. The first kappa shape index (κ1) is 14.5. The summed E-state index contributed by atoms with van der Waals surface area (Å²) >= 11 is 0. The molecule has 1 aromatic rings. The van der Waals surface area contributed by atoms with Crippen molar-refractivity contribution in [2.75, 3.05) is 26.7 Å². The van der Waals surface area contributed by atoms with Crippen molar-refractivity contribution >= 4 is 12.6 Å². The molecule has 2 N–H and O–H groups in total. The molecule has 19 heavy (non-hydrogen) atoms. The van der Waals surface area contributed by atoms with Crippen molar-refractivity contribution in [2.45, 2.75) is 19.5 Å². The van der Waals surface area contributed by atoms with E-state index < -0.39 is 7.12 Å². The van der Waals surface area contributed by atoms with Gasteiger partial charge in [-0.15, -0.1) is 0 Å². The Balaban J connectivity index is 2.07. The van der Waals surface area contributed by atoms with Gasteiger partial charge < -0.3 is 14.9 Å². The molecule has 0 aromatic heterocycles. The second-order valence-corrected chi connectivity index (χ2v) is 5.31. The summed E-state index contributed by atoms with van der Waals surface area (Å²) in [6.45, 7) is 5.58. The first-order valence-corrected chi connectivity index (χ1v) is 6.54. The first-order valence-electron chi connectivity index (χ1n) is 6.54. The van der Waals surface area contributed by atoms with Crippen LogP contribution in [0.5, 0.6) is 0 Å². The van der Waals surface area contributed by atoms with E-state index in [0.717, 1.165) is 19.6 Å². The summed E-state index contributed by atoms with van der Waals surface area (Å²) in [7, 11) is 0.470. The van der Waals surface area contributed by atoms with Gasteiger partial charge in [-0.25, -0.2) is 4.39 Å². The molecule has 1 aliphatic heterocycles. The van der Waals surface area contributed by atoms with Crippen molar-refractivity contribution in [3.8, 4) is 0 Å². The number of hydrogen-bond acceptors (Lipinski definition) is 4. The zero-order valence-corrected chi connectivity index (χ0v) is 11.4. The van der Waals surface area contributed by atoms with Crippen LogP contribution in [-0.2, 0) is 6.54 Å². The Morgan fingerprint density at radius 2 is 2.11 bits per heavy atom. The van der Waals surface area contributed by atoms with Gasteiger partial charge in [0.15, 0.2) is 0 Å². The summed E-state index contributed by atoms with van der Waals surface area (Å²) in [6.07, 6.45) is 0. The van der Waals surface area contributed by atoms with E-state index in [0.29, 0.717) is 18.2 Å². The van der Waals surface area contributed by atoms with Gasteiger partial charge in [0, 0.05) is 37.8 Å². The minimum atomic E-state index is -1.62. The van der Waals surface area contributed by atoms with Gasteiger partial charge in [0.25, 0.3) is 0 Å². The number of halogens is 1. The van der Waals surface area contributed by atoms with Crippen LogP contribution in [0.4, 0.5) is 4.39 Å². The molecule has 1 fully saturated rings. The second kappa shape index (κ2) is 6.01. The predicted molar refractivity (Wildman–Crippen MR) is 73.6 cm³/mol. The van der Waals surface area contributed by atoms with Crippen LogP contribution in [0.2, 0.25) is 0 Å².